The average Bonchev–Trinajstić information content (AvgIpc) is 3.25. The molecule has 0 aromatic heterocycles. The molecule has 1 amide bonds. The summed E-state index contributed by atoms with van der Waals surface area (Å²) < 4.78 is 0. The number of carbonyl (C=O) groups excluding carboxylic acids is 1. The predicted octanol–water partition coefficient (Wildman–Crippen LogP) is 2.14. The highest BCUT2D eigenvalue weighted by Crippen LogP contribution is 2.27. The Hall–Kier alpha value is -1.43. The normalized spacial score (nSPS) is 28.2. The number of hydrogen-bond donors (Lipinski definition) is 1. The summed E-state index contributed by atoms with van der Waals surface area (Å²) in [5, 5.41) is 11.2. The number of benzene rings is 1. The van der Waals surface area contributed by atoms with Gasteiger partial charge in [-0.2, -0.15) is 0 Å². The number of piperidine rings is 1. The van der Waals surface area contributed by atoms with E-state index in [0.717, 1.165) is 51.6 Å². The van der Waals surface area contributed by atoms with E-state index in [9.17, 15) is 9.90 Å². The fraction of sp³-hybridized carbons (Fsp3) is 0.696. The van der Waals surface area contributed by atoms with Gasteiger partial charge in [0, 0.05) is 51.9 Å². The second kappa shape index (κ2) is 8.93. The van der Waals surface area contributed by atoms with Crippen LogP contribution < -0.4 is 0 Å². The van der Waals surface area contributed by atoms with Crippen LogP contribution in [0.25, 0.3) is 0 Å². The van der Waals surface area contributed by atoms with E-state index in [0.29, 0.717) is 19.5 Å². The maximum atomic E-state index is 13.1. The minimum Gasteiger partial charge on any atom is -0.379 e. The number of nitrogens with zero attached hydrogens (tertiary/aromatic N) is 3. The first kappa shape index (κ1) is 19.9. The van der Waals surface area contributed by atoms with E-state index < -0.39 is 5.60 Å². The third kappa shape index (κ3) is 4.58. The van der Waals surface area contributed by atoms with E-state index in [1.807, 2.05) is 23.1 Å². The Labute approximate surface area is 169 Å². The molecule has 4 rings (SSSR count). The number of rotatable bonds is 6. The van der Waals surface area contributed by atoms with Crippen LogP contribution in [0.15, 0.2) is 30.3 Å². The van der Waals surface area contributed by atoms with Gasteiger partial charge in [-0.1, -0.05) is 43.2 Å². The quantitative estimate of drug-likeness (QED) is 0.815. The molecule has 28 heavy (non-hydrogen) atoms. The van der Waals surface area contributed by atoms with Crippen molar-refractivity contribution in [1.29, 1.82) is 0 Å². The second-order valence-electron chi connectivity index (χ2n) is 8.91. The lowest BCUT2D eigenvalue weighted by Crippen LogP contribution is -2.61. The molecule has 1 aromatic rings. The molecule has 0 radical (unpaired) electrons. The lowest BCUT2D eigenvalue weighted by Gasteiger charge is -2.44. The molecule has 5 nitrogen and oxygen atoms in total. The van der Waals surface area contributed by atoms with Crippen molar-refractivity contribution in [3.63, 3.8) is 0 Å². The molecule has 1 aliphatic carbocycles. The molecule has 2 heterocycles. The van der Waals surface area contributed by atoms with Crippen molar-refractivity contribution in [2.75, 3.05) is 45.8 Å². The standard InChI is InChI=1S/C23H35N3O2/c27-22-23(28,12-6-13-26(22)14-11-20-7-2-1-3-8-20)19-24-15-17-25(18-16-24)21-9-4-5-10-21/h1-3,7-8,21,28H,4-6,9-19H2. The summed E-state index contributed by atoms with van der Waals surface area (Å²) in [4.78, 5) is 19.9. The lowest BCUT2D eigenvalue weighted by molar-refractivity contribution is -0.160. The zero-order chi connectivity index (χ0) is 19.4. The molecule has 1 saturated carbocycles. The van der Waals surface area contributed by atoms with Gasteiger partial charge in [-0.05, 0) is 37.7 Å². The van der Waals surface area contributed by atoms with Crippen molar-refractivity contribution in [3.8, 4) is 0 Å². The number of carbonyl (C=O) groups is 1. The van der Waals surface area contributed by atoms with Crippen molar-refractivity contribution in [2.45, 2.75) is 56.6 Å². The van der Waals surface area contributed by atoms with Gasteiger partial charge in [-0.15, -0.1) is 0 Å². The zero-order valence-corrected chi connectivity index (χ0v) is 17.1. The van der Waals surface area contributed by atoms with Crippen LogP contribution in [0.4, 0.5) is 0 Å². The summed E-state index contributed by atoms with van der Waals surface area (Å²) in [6.07, 6.45) is 7.77. The SMILES string of the molecule is O=C1N(CCc2ccccc2)CCCC1(O)CN1CCN(C2CCCC2)CC1. The minimum absolute atomic E-state index is 0.0621. The molecule has 5 heteroatoms. The molecule has 2 saturated heterocycles. The molecule has 2 aliphatic heterocycles. The smallest absolute Gasteiger partial charge is 0.255 e. The first-order valence-electron chi connectivity index (χ1n) is 11.2. The second-order valence-corrected chi connectivity index (χ2v) is 8.91. The Morgan fingerprint density at radius 1 is 0.964 bits per heavy atom. The van der Waals surface area contributed by atoms with E-state index in [1.165, 1.54) is 31.2 Å². The summed E-state index contributed by atoms with van der Waals surface area (Å²) in [5.41, 5.74) is 0.0391. The number of piperazine rings is 1. The molecule has 0 bridgehead atoms. The van der Waals surface area contributed by atoms with Crippen LogP contribution in [0.2, 0.25) is 0 Å². The van der Waals surface area contributed by atoms with Gasteiger partial charge in [-0.3, -0.25) is 14.6 Å². The summed E-state index contributed by atoms with van der Waals surface area (Å²) in [6.45, 7) is 6.04. The molecular weight excluding hydrogens is 350 g/mol. The van der Waals surface area contributed by atoms with Crippen LogP contribution in [-0.2, 0) is 11.2 Å². The Balaban J connectivity index is 1.29. The monoisotopic (exact) mass is 385 g/mol. The van der Waals surface area contributed by atoms with Gasteiger partial charge < -0.3 is 10.0 Å². The summed E-state index contributed by atoms with van der Waals surface area (Å²) in [5.74, 6) is -0.0621. The molecule has 1 aromatic carbocycles. The Kier molecular flexibility index (Phi) is 6.34. The van der Waals surface area contributed by atoms with Crippen LogP contribution in [-0.4, -0.2) is 83.2 Å². The first-order chi connectivity index (χ1) is 13.6. The summed E-state index contributed by atoms with van der Waals surface area (Å²) in [7, 11) is 0. The Morgan fingerprint density at radius 2 is 1.68 bits per heavy atom. The van der Waals surface area contributed by atoms with E-state index in [-0.39, 0.29) is 5.91 Å². The van der Waals surface area contributed by atoms with Gasteiger partial charge in [0.25, 0.3) is 5.91 Å². The maximum absolute atomic E-state index is 13.1. The Bertz CT molecular complexity index is 639. The fourth-order valence-corrected chi connectivity index (χ4v) is 5.26. The number of β-amino-alcohol motifs (C(OH)–C–C–N with tert-alkyl or cyclic N) is 1. The largest absolute Gasteiger partial charge is 0.379 e. The van der Waals surface area contributed by atoms with Gasteiger partial charge in [0.15, 0.2) is 5.60 Å². The molecule has 1 N–H and O–H groups in total. The average molecular weight is 386 g/mol. The van der Waals surface area contributed by atoms with Crippen molar-refractivity contribution < 1.29 is 9.90 Å². The van der Waals surface area contributed by atoms with Crippen LogP contribution in [0.3, 0.4) is 0 Å². The number of amides is 1. The van der Waals surface area contributed by atoms with Crippen molar-refractivity contribution >= 4 is 5.91 Å². The molecule has 1 unspecified atom stereocenters. The van der Waals surface area contributed by atoms with Crippen molar-refractivity contribution in [1.82, 2.24) is 14.7 Å². The van der Waals surface area contributed by atoms with Crippen LogP contribution in [0.5, 0.6) is 0 Å². The van der Waals surface area contributed by atoms with Crippen LogP contribution >= 0.6 is 0 Å². The highest BCUT2D eigenvalue weighted by molar-refractivity contribution is 5.86. The number of likely N-dealkylation sites (tertiary alicyclic amines) is 1. The number of hydrogen-bond acceptors (Lipinski definition) is 4. The van der Waals surface area contributed by atoms with E-state index in [4.69, 9.17) is 0 Å². The van der Waals surface area contributed by atoms with E-state index >= 15 is 0 Å². The van der Waals surface area contributed by atoms with Crippen molar-refractivity contribution in [3.05, 3.63) is 35.9 Å². The third-order valence-electron chi connectivity index (χ3n) is 6.95. The molecule has 154 valence electrons. The Morgan fingerprint density at radius 3 is 2.39 bits per heavy atom. The van der Waals surface area contributed by atoms with Crippen LogP contribution in [0, 0.1) is 0 Å². The van der Waals surface area contributed by atoms with E-state index in [2.05, 4.69) is 21.9 Å². The van der Waals surface area contributed by atoms with Crippen molar-refractivity contribution in [2.24, 2.45) is 0 Å². The van der Waals surface area contributed by atoms with E-state index in [1.54, 1.807) is 0 Å². The minimum atomic E-state index is -1.20. The fourth-order valence-electron chi connectivity index (χ4n) is 5.26. The third-order valence-corrected chi connectivity index (χ3v) is 6.95. The number of aliphatic hydroxyl groups is 1. The van der Waals surface area contributed by atoms with Gasteiger partial charge >= 0.3 is 0 Å². The zero-order valence-electron chi connectivity index (χ0n) is 17.1. The molecule has 0 spiro atoms. The molecule has 1 atom stereocenters. The van der Waals surface area contributed by atoms with Crippen LogP contribution in [0.1, 0.15) is 44.1 Å². The molecule has 3 fully saturated rings. The summed E-state index contributed by atoms with van der Waals surface area (Å²) in [6, 6.07) is 11.1. The maximum Gasteiger partial charge on any atom is 0.255 e. The van der Waals surface area contributed by atoms with Gasteiger partial charge in [-0.25, -0.2) is 0 Å². The van der Waals surface area contributed by atoms with Gasteiger partial charge in [0.05, 0.1) is 0 Å². The van der Waals surface area contributed by atoms with Gasteiger partial charge in [0.1, 0.15) is 0 Å². The lowest BCUT2D eigenvalue weighted by atomic mass is 9.90. The summed E-state index contributed by atoms with van der Waals surface area (Å²) >= 11 is 0. The predicted molar refractivity (Wildman–Crippen MR) is 111 cm³/mol. The first-order valence-corrected chi connectivity index (χ1v) is 11.2. The van der Waals surface area contributed by atoms with Gasteiger partial charge in [0.2, 0.25) is 0 Å². The highest BCUT2D eigenvalue weighted by atomic mass is 16.3. The molecule has 3 aliphatic rings. The molecular formula is C23H35N3O2. The topological polar surface area (TPSA) is 47.0 Å². The highest BCUT2D eigenvalue weighted by Gasteiger charge is 2.43.